The normalized spacial score (nSPS) is 12.2. The molecule has 8 rings (SSSR count). The molecule has 289 valence electrons. The van der Waals surface area contributed by atoms with E-state index in [1.54, 1.807) is 71.2 Å². The SMILES string of the molecule is CO.O=Cc1ccccc1O.O=[N+]([O-])c1ccc2c(c1)C(=Cc1ccccc1O)c1ccccc1-2.O=[N+]([O-])c1ccc2c(c1)CC1=CCCC=C12.O[O][Al].[F-].[K+].[O]=[Al]. The number of carbonyl (C=O) groups is 1. The van der Waals surface area contributed by atoms with Gasteiger partial charge >= 0.3 is 88.0 Å². The van der Waals surface area contributed by atoms with Crippen LogP contribution in [-0.4, -0.2) is 76.7 Å². The van der Waals surface area contributed by atoms with Gasteiger partial charge in [0.2, 0.25) is 0 Å². The zero-order chi connectivity index (χ0) is 41.2. The predicted molar refractivity (Wildman–Crippen MR) is 213 cm³/mol. The van der Waals surface area contributed by atoms with Gasteiger partial charge in [-0.15, -0.1) is 0 Å². The van der Waals surface area contributed by atoms with Crippen molar-refractivity contribution in [2.24, 2.45) is 0 Å². The van der Waals surface area contributed by atoms with Crippen LogP contribution in [0.25, 0.3) is 28.3 Å². The number of phenols is 2. The topological polar surface area (TPSA) is 211 Å². The van der Waals surface area contributed by atoms with Crippen molar-refractivity contribution in [2.75, 3.05) is 7.11 Å². The quantitative estimate of drug-likeness (QED) is 0.0663. The number of hydrogen-bond donors (Lipinski definition) is 4. The Labute approximate surface area is 392 Å². The molecule has 3 aliphatic rings. The van der Waals surface area contributed by atoms with Gasteiger partial charge in [0.15, 0.2) is 6.29 Å². The number of benzene rings is 5. The zero-order valence-electron chi connectivity index (χ0n) is 31.4. The first kappa shape index (κ1) is 51.7. The van der Waals surface area contributed by atoms with Gasteiger partial charge in [0.05, 0.1) is 15.4 Å². The molecule has 3 aliphatic carbocycles. The first-order chi connectivity index (χ1) is 27.2. The third-order valence-corrected chi connectivity index (χ3v) is 8.53. The van der Waals surface area contributed by atoms with Gasteiger partial charge in [-0.25, -0.2) is 0 Å². The van der Waals surface area contributed by atoms with E-state index in [1.807, 2.05) is 48.5 Å². The van der Waals surface area contributed by atoms with Gasteiger partial charge in [-0.05, 0) is 106 Å². The second-order valence-corrected chi connectivity index (χ2v) is 11.8. The fraction of sp³-hybridized carbons (Fsp3) is 0.0976. The third-order valence-electron chi connectivity index (χ3n) is 8.53. The number of aldehydes is 1. The van der Waals surface area contributed by atoms with E-state index in [1.165, 1.54) is 45.1 Å². The molecule has 0 aliphatic heterocycles. The number of para-hydroxylation sites is 2. The minimum absolute atomic E-state index is 0. The second kappa shape index (κ2) is 26.7. The van der Waals surface area contributed by atoms with Crippen molar-refractivity contribution in [3.05, 3.63) is 181 Å². The van der Waals surface area contributed by atoms with Crippen molar-refractivity contribution in [2.45, 2.75) is 19.3 Å². The standard InChI is InChI=1S/C20H13NO3.C13H11NO2.C7H6O2.CH4O.2Al.FH.K.H2O2.O/c22-20-8-4-1-5-13(20)11-18-16-7-3-2-6-15(16)17-10-9-14(21(23)24)12-19(17)18;15-14(16)11-5-6-13-10(8-11)7-9-3-1-2-4-12(9)13;8-5-6-3-1-2-4-7(6)9;1-2;;;;;1-2;/h1-12,22H;3-6,8H,1-2,7H2;1-5,9H;2H,1H3;;;1H;;1-2H;/q;;;;;+1;;+1;;/p-2. The fourth-order valence-electron chi connectivity index (χ4n) is 6.19. The van der Waals surface area contributed by atoms with Gasteiger partial charge < -0.3 is 24.0 Å². The number of fused-ring (bicyclic) bond motifs is 6. The van der Waals surface area contributed by atoms with Crippen LogP contribution in [0.4, 0.5) is 11.4 Å². The van der Waals surface area contributed by atoms with E-state index in [4.69, 9.17) is 19.3 Å². The average Bonchev–Trinajstić information content (AvgIpc) is 3.76. The molecule has 0 atom stereocenters. The summed E-state index contributed by atoms with van der Waals surface area (Å²) in [6, 6.07) is 31.4. The molecule has 0 unspecified atom stereocenters. The number of nitro benzene ring substituents is 2. The van der Waals surface area contributed by atoms with Crippen molar-refractivity contribution in [1.82, 2.24) is 0 Å². The molecule has 0 saturated heterocycles. The van der Waals surface area contributed by atoms with Crippen LogP contribution < -0.4 is 56.1 Å². The van der Waals surface area contributed by atoms with Gasteiger partial charge in [-0.3, -0.25) is 30.3 Å². The summed E-state index contributed by atoms with van der Waals surface area (Å²) >= 11 is 2.80. The Hall–Kier alpha value is -4.30. The summed E-state index contributed by atoms with van der Waals surface area (Å²) in [4.78, 5) is 31.2. The van der Waals surface area contributed by atoms with E-state index >= 15 is 0 Å². The van der Waals surface area contributed by atoms with Crippen molar-refractivity contribution in [1.29, 1.82) is 0 Å². The van der Waals surface area contributed by atoms with Gasteiger partial charge in [0.1, 0.15) is 11.5 Å². The molecule has 0 saturated carbocycles. The maximum absolute atomic E-state index is 11.1. The molecule has 0 fully saturated rings. The van der Waals surface area contributed by atoms with Crippen LogP contribution in [0.1, 0.15) is 51.0 Å². The van der Waals surface area contributed by atoms with Crippen LogP contribution in [0.2, 0.25) is 0 Å². The molecular weight excluding hydrogens is 809 g/mol. The Kier molecular flexibility index (Phi) is 23.8. The average molecular weight is 844 g/mol. The Morgan fingerprint density at radius 2 is 1.14 bits per heavy atom. The van der Waals surface area contributed by atoms with Crippen LogP contribution in [0, 0.1) is 20.2 Å². The molecule has 0 amide bonds. The summed E-state index contributed by atoms with van der Waals surface area (Å²) in [5.74, 6) is 0.217. The van der Waals surface area contributed by atoms with E-state index in [9.17, 15) is 30.1 Å². The molecule has 5 aromatic rings. The summed E-state index contributed by atoms with van der Waals surface area (Å²) in [6.45, 7) is 0. The number of aromatic hydroxyl groups is 2. The van der Waals surface area contributed by atoms with E-state index < -0.39 is 0 Å². The van der Waals surface area contributed by atoms with Crippen molar-refractivity contribution < 1.29 is 99.0 Å². The summed E-state index contributed by atoms with van der Waals surface area (Å²) in [6.07, 6.45) is 10.0. The summed E-state index contributed by atoms with van der Waals surface area (Å²) in [5.41, 5.74) is 10.9. The molecule has 4 N–H and O–H groups in total. The van der Waals surface area contributed by atoms with Crippen LogP contribution >= 0.6 is 0 Å². The number of allylic oxidation sites excluding steroid dienone is 4. The number of phenolic OH excluding ortho intramolecular Hbond substituents is 2. The first-order valence-corrected chi connectivity index (χ1v) is 17.6. The monoisotopic (exact) mass is 843 g/mol. The number of non-ortho nitro benzene ring substituents is 2. The summed E-state index contributed by atoms with van der Waals surface area (Å²) in [5, 5.41) is 54.8. The van der Waals surface area contributed by atoms with Gasteiger partial charge in [0.25, 0.3) is 11.4 Å². The van der Waals surface area contributed by atoms with Gasteiger partial charge in [0, 0.05) is 36.9 Å². The molecule has 3 radical (unpaired) electrons. The fourth-order valence-corrected chi connectivity index (χ4v) is 6.19. The number of hydrogen-bond acceptors (Lipinski definition) is 11. The number of nitrogens with zero attached hydrogens (tertiary/aromatic N) is 2. The summed E-state index contributed by atoms with van der Waals surface area (Å²) in [7, 11) is 1.00. The summed E-state index contributed by atoms with van der Waals surface area (Å²) < 4.78 is 11.3. The second-order valence-electron chi connectivity index (χ2n) is 11.6. The number of halogens is 1. The Balaban J connectivity index is 0.000000429. The minimum atomic E-state index is -0.388. The van der Waals surface area contributed by atoms with Crippen molar-refractivity contribution >= 4 is 67.7 Å². The van der Waals surface area contributed by atoms with Crippen LogP contribution in [-0.2, 0) is 14.2 Å². The molecular formula is C41H35Al2FKN2O11. The number of rotatable bonds is 4. The zero-order valence-corrected chi connectivity index (χ0v) is 36.8. The maximum atomic E-state index is 11.1. The molecule has 58 heavy (non-hydrogen) atoms. The number of aliphatic hydroxyl groups excluding tert-OH is 1. The van der Waals surface area contributed by atoms with Gasteiger partial charge in [-0.1, -0.05) is 66.7 Å². The van der Waals surface area contributed by atoms with Crippen molar-refractivity contribution in [3.8, 4) is 22.6 Å². The predicted octanol–water partition coefficient (Wildman–Crippen LogP) is 2.01. The Morgan fingerprint density at radius 3 is 1.67 bits per heavy atom. The van der Waals surface area contributed by atoms with Crippen LogP contribution in [0.15, 0.2) is 127 Å². The molecule has 0 aromatic heterocycles. The molecule has 13 nitrogen and oxygen atoms in total. The van der Waals surface area contributed by atoms with Crippen LogP contribution in [0.3, 0.4) is 0 Å². The number of carbonyl (C=O) groups excluding carboxylic acids is 1. The molecule has 5 aromatic carbocycles. The van der Waals surface area contributed by atoms with E-state index in [0.717, 1.165) is 59.8 Å². The Morgan fingerprint density at radius 1 is 0.672 bits per heavy atom. The molecule has 0 heterocycles. The molecule has 17 heteroatoms. The van der Waals surface area contributed by atoms with Gasteiger partial charge in [-0.2, -0.15) is 0 Å². The molecule has 0 bridgehead atoms. The van der Waals surface area contributed by atoms with Crippen molar-refractivity contribution in [3.63, 3.8) is 0 Å². The first-order valence-electron chi connectivity index (χ1n) is 16.6. The Bertz CT molecular complexity index is 2290. The number of aliphatic hydroxyl groups is 1. The van der Waals surface area contributed by atoms with E-state index in [0.29, 0.717) is 17.4 Å². The third kappa shape index (κ3) is 13.4. The van der Waals surface area contributed by atoms with E-state index in [-0.39, 0.29) is 88.8 Å². The number of nitro groups is 2. The van der Waals surface area contributed by atoms with Crippen LogP contribution in [0.5, 0.6) is 11.5 Å². The molecule has 0 spiro atoms. The van der Waals surface area contributed by atoms with E-state index in [2.05, 4.69) is 16.1 Å².